The summed E-state index contributed by atoms with van der Waals surface area (Å²) in [6, 6.07) is 5.79. The van der Waals surface area contributed by atoms with E-state index in [1.165, 1.54) is 6.42 Å². The maximum atomic E-state index is 11.9. The van der Waals surface area contributed by atoms with Crippen LogP contribution in [0.15, 0.2) is 18.2 Å². The zero-order valence-electron chi connectivity index (χ0n) is 14.2. The number of amides is 1. The molecule has 1 fully saturated rings. The van der Waals surface area contributed by atoms with E-state index in [0.29, 0.717) is 31.2 Å². The molecule has 0 aliphatic carbocycles. The van der Waals surface area contributed by atoms with E-state index in [9.17, 15) is 4.79 Å². The van der Waals surface area contributed by atoms with Gasteiger partial charge in [0.15, 0.2) is 11.5 Å². The molecule has 1 heterocycles. The quantitative estimate of drug-likeness (QED) is 0.734. The zero-order valence-corrected chi connectivity index (χ0v) is 14.2. The summed E-state index contributed by atoms with van der Waals surface area (Å²) in [6.45, 7) is 5.38. The Bertz CT molecular complexity index is 499. The number of methoxy groups -OCH3 is 1. The average molecular weight is 320 g/mol. The van der Waals surface area contributed by atoms with Gasteiger partial charge in [-0.1, -0.05) is 13.0 Å². The summed E-state index contributed by atoms with van der Waals surface area (Å²) in [5, 5.41) is 6.31. The van der Waals surface area contributed by atoms with Crippen LogP contribution in [0.2, 0.25) is 0 Å². The Labute approximate surface area is 138 Å². The number of nitrogens with one attached hydrogen (secondary N) is 2. The molecular formula is C18H28N2O3. The summed E-state index contributed by atoms with van der Waals surface area (Å²) in [7, 11) is 1.63. The molecule has 0 bridgehead atoms. The summed E-state index contributed by atoms with van der Waals surface area (Å²) in [5.74, 6) is 2.22. The predicted octanol–water partition coefficient (Wildman–Crippen LogP) is 2.49. The second-order valence-corrected chi connectivity index (χ2v) is 6.01. The molecule has 23 heavy (non-hydrogen) atoms. The fourth-order valence-corrected chi connectivity index (χ4v) is 2.74. The van der Waals surface area contributed by atoms with Gasteiger partial charge in [-0.25, -0.2) is 0 Å². The second kappa shape index (κ2) is 9.40. The molecule has 2 rings (SSSR count). The number of rotatable bonds is 9. The standard InChI is InChI=1S/C18H28N2O3/c1-3-10-23-16-6-4-15(11-17(16)22-2)13-20-18(21)7-5-14-8-9-19-12-14/h4,6,11,14,19H,3,5,7-10,12-13H2,1-2H3,(H,20,21). The summed E-state index contributed by atoms with van der Waals surface area (Å²) in [6.07, 6.45) is 3.70. The summed E-state index contributed by atoms with van der Waals surface area (Å²) >= 11 is 0. The molecular weight excluding hydrogens is 292 g/mol. The SMILES string of the molecule is CCCOc1ccc(CNC(=O)CCC2CCNC2)cc1OC. The molecule has 1 unspecified atom stereocenters. The molecule has 5 nitrogen and oxygen atoms in total. The second-order valence-electron chi connectivity index (χ2n) is 6.01. The van der Waals surface area contributed by atoms with Gasteiger partial charge in [-0.05, 0) is 56.0 Å². The third-order valence-corrected chi connectivity index (χ3v) is 4.12. The van der Waals surface area contributed by atoms with Crippen LogP contribution in [-0.2, 0) is 11.3 Å². The molecule has 0 saturated carbocycles. The lowest BCUT2D eigenvalue weighted by Gasteiger charge is -2.12. The number of hydrogen-bond acceptors (Lipinski definition) is 4. The molecule has 1 aromatic rings. The van der Waals surface area contributed by atoms with Crippen molar-refractivity contribution in [3.05, 3.63) is 23.8 Å². The summed E-state index contributed by atoms with van der Waals surface area (Å²) in [4.78, 5) is 11.9. The molecule has 1 aliphatic heterocycles. The average Bonchev–Trinajstić information content (AvgIpc) is 3.10. The van der Waals surface area contributed by atoms with E-state index in [-0.39, 0.29) is 5.91 Å². The van der Waals surface area contributed by atoms with Crippen molar-refractivity contribution in [3.63, 3.8) is 0 Å². The monoisotopic (exact) mass is 320 g/mol. The van der Waals surface area contributed by atoms with Crippen LogP contribution in [0.4, 0.5) is 0 Å². The van der Waals surface area contributed by atoms with Gasteiger partial charge in [0.2, 0.25) is 5.91 Å². The lowest BCUT2D eigenvalue weighted by Crippen LogP contribution is -2.23. The highest BCUT2D eigenvalue weighted by molar-refractivity contribution is 5.75. The van der Waals surface area contributed by atoms with E-state index < -0.39 is 0 Å². The normalized spacial score (nSPS) is 17.0. The van der Waals surface area contributed by atoms with Crippen LogP contribution in [0.1, 0.15) is 38.2 Å². The molecule has 0 aromatic heterocycles. The van der Waals surface area contributed by atoms with Gasteiger partial charge in [0.1, 0.15) is 0 Å². The van der Waals surface area contributed by atoms with Gasteiger partial charge in [-0.2, -0.15) is 0 Å². The minimum atomic E-state index is 0.113. The lowest BCUT2D eigenvalue weighted by atomic mass is 10.0. The molecule has 1 aliphatic rings. The third kappa shape index (κ3) is 5.75. The minimum absolute atomic E-state index is 0.113. The lowest BCUT2D eigenvalue weighted by molar-refractivity contribution is -0.121. The first-order valence-corrected chi connectivity index (χ1v) is 8.50. The van der Waals surface area contributed by atoms with Crippen LogP contribution in [0.25, 0.3) is 0 Å². The number of benzene rings is 1. The highest BCUT2D eigenvalue weighted by atomic mass is 16.5. The number of hydrogen-bond donors (Lipinski definition) is 2. The predicted molar refractivity (Wildman–Crippen MR) is 90.8 cm³/mol. The van der Waals surface area contributed by atoms with E-state index in [0.717, 1.165) is 37.2 Å². The van der Waals surface area contributed by atoms with E-state index in [4.69, 9.17) is 9.47 Å². The zero-order chi connectivity index (χ0) is 16.5. The fraction of sp³-hybridized carbons (Fsp3) is 0.611. The number of ether oxygens (including phenoxy) is 2. The maximum absolute atomic E-state index is 11.9. The first-order chi connectivity index (χ1) is 11.2. The minimum Gasteiger partial charge on any atom is -0.493 e. The Balaban J connectivity index is 1.78. The van der Waals surface area contributed by atoms with Crippen molar-refractivity contribution in [2.45, 2.75) is 39.2 Å². The van der Waals surface area contributed by atoms with Crippen LogP contribution in [0.5, 0.6) is 11.5 Å². The fourth-order valence-electron chi connectivity index (χ4n) is 2.74. The molecule has 1 atom stereocenters. The summed E-state index contributed by atoms with van der Waals surface area (Å²) < 4.78 is 11.0. The first-order valence-electron chi connectivity index (χ1n) is 8.50. The van der Waals surface area contributed by atoms with E-state index in [2.05, 4.69) is 17.6 Å². The van der Waals surface area contributed by atoms with E-state index >= 15 is 0 Å². The Morgan fingerprint density at radius 1 is 1.39 bits per heavy atom. The molecule has 1 amide bonds. The van der Waals surface area contributed by atoms with Crippen LogP contribution < -0.4 is 20.1 Å². The molecule has 5 heteroatoms. The number of carbonyl (C=O) groups excluding carboxylic acids is 1. The largest absolute Gasteiger partial charge is 0.493 e. The molecule has 2 N–H and O–H groups in total. The van der Waals surface area contributed by atoms with Gasteiger partial charge < -0.3 is 20.1 Å². The topological polar surface area (TPSA) is 59.6 Å². The molecule has 1 saturated heterocycles. The van der Waals surface area contributed by atoms with Gasteiger partial charge in [0.05, 0.1) is 13.7 Å². The van der Waals surface area contributed by atoms with Crippen LogP contribution in [0, 0.1) is 5.92 Å². The van der Waals surface area contributed by atoms with Crippen molar-refractivity contribution in [2.24, 2.45) is 5.92 Å². The Morgan fingerprint density at radius 3 is 2.96 bits per heavy atom. The highest BCUT2D eigenvalue weighted by Crippen LogP contribution is 2.28. The van der Waals surface area contributed by atoms with Gasteiger partial charge >= 0.3 is 0 Å². The Morgan fingerprint density at radius 2 is 2.26 bits per heavy atom. The van der Waals surface area contributed by atoms with Crippen LogP contribution in [-0.4, -0.2) is 32.7 Å². The van der Waals surface area contributed by atoms with Gasteiger partial charge in [-0.3, -0.25) is 4.79 Å². The van der Waals surface area contributed by atoms with Crippen molar-refractivity contribution in [2.75, 3.05) is 26.8 Å². The van der Waals surface area contributed by atoms with Crippen molar-refractivity contribution in [1.29, 1.82) is 0 Å². The summed E-state index contributed by atoms with van der Waals surface area (Å²) in [5.41, 5.74) is 1.02. The molecule has 128 valence electrons. The number of carbonyl (C=O) groups is 1. The van der Waals surface area contributed by atoms with Crippen LogP contribution in [0.3, 0.4) is 0 Å². The van der Waals surface area contributed by atoms with E-state index in [1.807, 2.05) is 18.2 Å². The highest BCUT2D eigenvalue weighted by Gasteiger charge is 2.15. The van der Waals surface area contributed by atoms with Crippen molar-refractivity contribution < 1.29 is 14.3 Å². The smallest absolute Gasteiger partial charge is 0.220 e. The van der Waals surface area contributed by atoms with Crippen molar-refractivity contribution in [3.8, 4) is 11.5 Å². The van der Waals surface area contributed by atoms with E-state index in [1.54, 1.807) is 7.11 Å². The maximum Gasteiger partial charge on any atom is 0.220 e. The van der Waals surface area contributed by atoms with Crippen molar-refractivity contribution in [1.82, 2.24) is 10.6 Å². The van der Waals surface area contributed by atoms with Crippen molar-refractivity contribution >= 4 is 5.91 Å². The van der Waals surface area contributed by atoms with Crippen LogP contribution >= 0.6 is 0 Å². The molecule has 0 spiro atoms. The first kappa shape index (κ1) is 17.6. The van der Waals surface area contributed by atoms with Gasteiger partial charge in [0, 0.05) is 13.0 Å². The Hall–Kier alpha value is -1.75. The molecule has 1 aromatic carbocycles. The Kier molecular flexibility index (Phi) is 7.20. The van der Waals surface area contributed by atoms with Gasteiger partial charge in [-0.15, -0.1) is 0 Å². The van der Waals surface area contributed by atoms with Gasteiger partial charge in [0.25, 0.3) is 0 Å². The third-order valence-electron chi connectivity index (χ3n) is 4.12. The molecule has 0 radical (unpaired) electrons.